The number of nitrogens with two attached hydrogens (primary N) is 1. The third-order valence-corrected chi connectivity index (χ3v) is 7.68. The standard InChI is InChI=1S/C27H31N5O6/c28-25(33)14-18-4-3-11-30(16-18)26(34)19-7-8-23(24(15-19)32(36)37)29-12-9-21(10-13-29)31-22-6-2-1-5-20(22)17-38-27(31)35/h1-2,5-8,15,18,21H,3-4,9-14,16-17H2,(H2,28,33). The monoisotopic (exact) mass is 521 g/mol. The zero-order valence-electron chi connectivity index (χ0n) is 21.1. The van der Waals surface area contributed by atoms with Gasteiger partial charge in [0.2, 0.25) is 5.91 Å². The number of nitro benzene ring substituents is 1. The third kappa shape index (κ3) is 5.13. The van der Waals surface area contributed by atoms with Crippen molar-refractivity contribution in [1.29, 1.82) is 0 Å². The molecule has 2 N–H and O–H groups in total. The smallest absolute Gasteiger partial charge is 0.414 e. The molecule has 0 radical (unpaired) electrons. The summed E-state index contributed by atoms with van der Waals surface area (Å²) in [5, 5.41) is 12.0. The Morgan fingerprint density at radius 3 is 2.55 bits per heavy atom. The topological polar surface area (TPSA) is 139 Å². The highest BCUT2D eigenvalue weighted by molar-refractivity contribution is 5.96. The van der Waals surface area contributed by atoms with Crippen LogP contribution in [-0.2, 0) is 16.1 Å². The van der Waals surface area contributed by atoms with Gasteiger partial charge in [-0.15, -0.1) is 0 Å². The molecule has 2 aromatic carbocycles. The van der Waals surface area contributed by atoms with Crippen LogP contribution in [0.1, 0.15) is 48.0 Å². The molecule has 3 aliphatic rings. The molecule has 2 fully saturated rings. The van der Waals surface area contributed by atoms with E-state index in [1.54, 1.807) is 21.9 Å². The van der Waals surface area contributed by atoms with Gasteiger partial charge >= 0.3 is 6.09 Å². The second-order valence-corrected chi connectivity index (χ2v) is 10.2. The molecule has 3 aliphatic heterocycles. The number of nitrogens with zero attached hydrogens (tertiary/aromatic N) is 4. The number of primary amides is 1. The molecule has 1 atom stereocenters. The lowest BCUT2D eigenvalue weighted by Crippen LogP contribution is -2.49. The predicted octanol–water partition coefficient (Wildman–Crippen LogP) is 3.45. The molecule has 0 spiro atoms. The number of anilines is 2. The molecule has 0 aromatic heterocycles. The Morgan fingerprint density at radius 2 is 1.82 bits per heavy atom. The lowest BCUT2D eigenvalue weighted by Gasteiger charge is -2.40. The van der Waals surface area contributed by atoms with E-state index in [1.807, 2.05) is 29.2 Å². The molecule has 200 valence electrons. The van der Waals surface area contributed by atoms with Gasteiger partial charge in [0.05, 0.1) is 10.6 Å². The van der Waals surface area contributed by atoms with Crippen molar-refractivity contribution in [3.63, 3.8) is 0 Å². The van der Waals surface area contributed by atoms with Crippen LogP contribution in [0.2, 0.25) is 0 Å². The minimum atomic E-state index is -0.456. The fourth-order valence-corrected chi connectivity index (χ4v) is 5.84. The first-order chi connectivity index (χ1) is 18.3. The fourth-order valence-electron chi connectivity index (χ4n) is 5.84. The minimum Gasteiger partial charge on any atom is -0.444 e. The van der Waals surface area contributed by atoms with E-state index in [0.29, 0.717) is 44.7 Å². The number of likely N-dealkylation sites (tertiary alicyclic amines) is 1. The summed E-state index contributed by atoms with van der Waals surface area (Å²) in [5.74, 6) is -0.672. The summed E-state index contributed by atoms with van der Waals surface area (Å²) in [5.41, 5.74) is 7.73. The quantitative estimate of drug-likeness (QED) is 0.454. The van der Waals surface area contributed by atoms with Gasteiger partial charge in [-0.3, -0.25) is 24.6 Å². The van der Waals surface area contributed by atoms with E-state index in [1.165, 1.54) is 6.07 Å². The van der Waals surface area contributed by atoms with E-state index in [0.717, 1.165) is 24.1 Å². The van der Waals surface area contributed by atoms with Gasteiger partial charge in [-0.2, -0.15) is 0 Å². The van der Waals surface area contributed by atoms with Crippen LogP contribution >= 0.6 is 0 Å². The first-order valence-electron chi connectivity index (χ1n) is 13.0. The summed E-state index contributed by atoms with van der Waals surface area (Å²) >= 11 is 0. The molecule has 11 nitrogen and oxygen atoms in total. The summed E-state index contributed by atoms with van der Waals surface area (Å²) in [6.07, 6.45) is 2.68. The zero-order chi connectivity index (χ0) is 26.8. The van der Waals surface area contributed by atoms with Crippen molar-refractivity contribution in [2.45, 2.75) is 44.8 Å². The summed E-state index contributed by atoms with van der Waals surface area (Å²) in [4.78, 5) is 53.9. The highest BCUT2D eigenvalue weighted by atomic mass is 16.6. The molecule has 2 aromatic rings. The molecule has 1 unspecified atom stereocenters. The van der Waals surface area contributed by atoms with E-state index >= 15 is 0 Å². The van der Waals surface area contributed by atoms with Crippen molar-refractivity contribution >= 4 is 35.0 Å². The minimum absolute atomic E-state index is 0.00454. The van der Waals surface area contributed by atoms with Gasteiger partial charge in [0, 0.05) is 55.8 Å². The van der Waals surface area contributed by atoms with E-state index in [2.05, 4.69) is 0 Å². The van der Waals surface area contributed by atoms with Crippen LogP contribution in [-0.4, -0.2) is 60.0 Å². The molecule has 0 saturated carbocycles. The summed E-state index contributed by atoms with van der Waals surface area (Å²) in [6, 6.07) is 12.2. The molecular formula is C27H31N5O6. The van der Waals surface area contributed by atoms with Gasteiger partial charge in [0.25, 0.3) is 11.6 Å². The second-order valence-electron chi connectivity index (χ2n) is 10.2. The van der Waals surface area contributed by atoms with Crippen molar-refractivity contribution in [2.24, 2.45) is 11.7 Å². The molecule has 2 saturated heterocycles. The van der Waals surface area contributed by atoms with Crippen LogP contribution in [0.5, 0.6) is 0 Å². The Morgan fingerprint density at radius 1 is 1.05 bits per heavy atom. The van der Waals surface area contributed by atoms with Gasteiger partial charge in [-0.1, -0.05) is 18.2 Å². The normalized spacial score (nSPS) is 20.1. The van der Waals surface area contributed by atoms with Crippen molar-refractivity contribution < 1.29 is 24.0 Å². The van der Waals surface area contributed by atoms with E-state index in [-0.39, 0.29) is 48.2 Å². The molecule has 0 bridgehead atoms. The van der Waals surface area contributed by atoms with Gasteiger partial charge < -0.3 is 20.3 Å². The van der Waals surface area contributed by atoms with E-state index in [4.69, 9.17) is 10.5 Å². The number of piperidine rings is 2. The highest BCUT2D eigenvalue weighted by Gasteiger charge is 2.35. The summed E-state index contributed by atoms with van der Waals surface area (Å²) in [6.45, 7) is 2.24. The average molecular weight is 522 g/mol. The maximum absolute atomic E-state index is 13.2. The van der Waals surface area contributed by atoms with Crippen molar-refractivity contribution in [3.05, 3.63) is 63.7 Å². The molecule has 38 heavy (non-hydrogen) atoms. The molecule has 3 amide bonds. The Labute approximate surface area is 220 Å². The number of para-hydroxylation sites is 1. The Kier molecular flexibility index (Phi) is 7.17. The second kappa shape index (κ2) is 10.7. The van der Waals surface area contributed by atoms with Crippen LogP contribution in [0.4, 0.5) is 21.9 Å². The number of rotatable bonds is 6. The highest BCUT2D eigenvalue weighted by Crippen LogP contribution is 2.36. The predicted molar refractivity (Wildman–Crippen MR) is 140 cm³/mol. The lowest BCUT2D eigenvalue weighted by atomic mass is 9.94. The van der Waals surface area contributed by atoms with Crippen molar-refractivity contribution in [2.75, 3.05) is 36.0 Å². The van der Waals surface area contributed by atoms with E-state index in [9.17, 15) is 24.5 Å². The number of nitro groups is 1. The molecule has 0 aliphatic carbocycles. The number of ether oxygens (including phenoxy) is 1. The number of hydrogen-bond donors (Lipinski definition) is 1. The Balaban J connectivity index is 1.29. The number of cyclic esters (lactones) is 1. The number of carbonyl (C=O) groups is 3. The van der Waals surface area contributed by atoms with Crippen LogP contribution in [0.25, 0.3) is 0 Å². The van der Waals surface area contributed by atoms with Crippen molar-refractivity contribution in [3.8, 4) is 0 Å². The first kappa shape index (κ1) is 25.5. The zero-order valence-corrected chi connectivity index (χ0v) is 21.1. The van der Waals surface area contributed by atoms with Crippen LogP contribution in [0.15, 0.2) is 42.5 Å². The van der Waals surface area contributed by atoms with Crippen LogP contribution < -0.4 is 15.5 Å². The van der Waals surface area contributed by atoms with Crippen LogP contribution in [0.3, 0.4) is 0 Å². The Bertz CT molecular complexity index is 1260. The molecular weight excluding hydrogens is 490 g/mol. The number of amides is 3. The van der Waals surface area contributed by atoms with Crippen molar-refractivity contribution in [1.82, 2.24) is 4.90 Å². The van der Waals surface area contributed by atoms with Gasteiger partial charge in [-0.05, 0) is 49.8 Å². The van der Waals surface area contributed by atoms with E-state index < -0.39 is 10.8 Å². The SMILES string of the molecule is NC(=O)CC1CCCN(C(=O)c2ccc(N3CCC(N4C(=O)OCc5ccccc54)CC3)c([N+](=O)[O-])c2)C1. The maximum Gasteiger partial charge on any atom is 0.414 e. The number of fused-ring (bicyclic) bond motifs is 1. The van der Waals surface area contributed by atoms with Gasteiger partial charge in [0.1, 0.15) is 12.3 Å². The number of hydrogen-bond acceptors (Lipinski definition) is 7. The summed E-state index contributed by atoms with van der Waals surface area (Å²) in [7, 11) is 0. The molecule has 3 heterocycles. The lowest BCUT2D eigenvalue weighted by molar-refractivity contribution is -0.384. The molecule has 5 rings (SSSR count). The van der Waals surface area contributed by atoms with Gasteiger partial charge in [-0.25, -0.2) is 4.79 Å². The largest absolute Gasteiger partial charge is 0.444 e. The number of benzene rings is 2. The molecule has 11 heteroatoms. The fraction of sp³-hybridized carbons (Fsp3) is 0.444. The number of carbonyl (C=O) groups excluding carboxylic acids is 3. The Hall–Kier alpha value is -4.15. The van der Waals surface area contributed by atoms with Crippen LogP contribution in [0, 0.1) is 16.0 Å². The third-order valence-electron chi connectivity index (χ3n) is 7.68. The maximum atomic E-state index is 13.2. The van der Waals surface area contributed by atoms with Gasteiger partial charge in [0.15, 0.2) is 0 Å². The average Bonchev–Trinajstić information content (AvgIpc) is 2.92. The first-order valence-corrected chi connectivity index (χ1v) is 13.0. The summed E-state index contributed by atoms with van der Waals surface area (Å²) < 4.78 is 5.37.